The molecule has 0 N–H and O–H groups in total. The second kappa shape index (κ2) is 9.07. The molecule has 33 heavy (non-hydrogen) atoms. The highest BCUT2D eigenvalue weighted by atomic mass is 32.2. The van der Waals surface area contributed by atoms with Crippen LogP contribution in [0.15, 0.2) is 76.2 Å². The molecule has 0 saturated heterocycles. The minimum Gasteiger partial charge on any atom is -0.262 e. The molecule has 4 rings (SSSR count). The molecule has 2 unspecified atom stereocenters. The standard InChI is InChI=1S/C24H28N6O2S/c1-17(2)13-23(22-16-26-11-12-27-22)30(4)33(31,32)19-7-5-18(6-8-19)14-24(3)28-20-9-10-25-15-21(20)29-24/h5-12,15-17,23H,13-14H2,1-4H3. The number of nitrogens with zero attached hydrogens (tertiary/aromatic N) is 6. The van der Waals surface area contributed by atoms with Gasteiger partial charge in [-0.05, 0) is 43.0 Å². The Hall–Kier alpha value is -3.04. The van der Waals surface area contributed by atoms with Crippen LogP contribution in [-0.2, 0) is 16.4 Å². The Labute approximate surface area is 194 Å². The smallest absolute Gasteiger partial charge is 0.243 e. The molecule has 172 valence electrons. The maximum Gasteiger partial charge on any atom is 0.243 e. The van der Waals surface area contributed by atoms with Crippen molar-refractivity contribution in [3.63, 3.8) is 0 Å². The number of hydrogen-bond donors (Lipinski definition) is 0. The normalized spacial score (nSPS) is 18.6. The van der Waals surface area contributed by atoms with Crippen molar-refractivity contribution in [2.45, 2.75) is 50.2 Å². The van der Waals surface area contributed by atoms with Crippen LogP contribution in [0.4, 0.5) is 0 Å². The molecular weight excluding hydrogens is 436 g/mol. The molecule has 0 fully saturated rings. The van der Waals surface area contributed by atoms with Gasteiger partial charge in [0.2, 0.25) is 10.0 Å². The summed E-state index contributed by atoms with van der Waals surface area (Å²) in [5.41, 5.74) is 0.969. The number of rotatable bonds is 8. The van der Waals surface area contributed by atoms with Gasteiger partial charge in [0.25, 0.3) is 0 Å². The lowest BCUT2D eigenvalue weighted by molar-refractivity contribution is 0.317. The van der Waals surface area contributed by atoms with E-state index in [1.54, 1.807) is 50.2 Å². The molecule has 0 saturated carbocycles. The zero-order valence-electron chi connectivity index (χ0n) is 19.3. The summed E-state index contributed by atoms with van der Waals surface area (Å²) >= 11 is 0. The van der Waals surface area contributed by atoms with E-state index < -0.39 is 21.7 Å². The zero-order chi connectivity index (χ0) is 23.6. The van der Waals surface area contributed by atoms with Crippen LogP contribution in [0.1, 0.15) is 44.5 Å². The Morgan fingerprint density at radius 2 is 1.64 bits per heavy atom. The summed E-state index contributed by atoms with van der Waals surface area (Å²) in [6, 6.07) is 8.41. The van der Waals surface area contributed by atoms with Crippen molar-refractivity contribution in [3.8, 4) is 0 Å². The minimum absolute atomic E-state index is 0.240. The zero-order valence-corrected chi connectivity index (χ0v) is 20.1. The molecule has 0 bridgehead atoms. The maximum atomic E-state index is 13.4. The lowest BCUT2D eigenvalue weighted by Crippen LogP contribution is -2.32. The first-order chi connectivity index (χ1) is 15.7. The van der Waals surface area contributed by atoms with E-state index in [2.05, 4.69) is 28.8 Å². The fraction of sp³-hybridized carbons (Fsp3) is 0.375. The van der Waals surface area contributed by atoms with E-state index in [-0.39, 0.29) is 10.8 Å². The second-order valence-corrected chi connectivity index (χ2v) is 10.9. The van der Waals surface area contributed by atoms with E-state index in [0.717, 1.165) is 16.3 Å². The van der Waals surface area contributed by atoms with Gasteiger partial charge < -0.3 is 0 Å². The van der Waals surface area contributed by atoms with Crippen LogP contribution >= 0.6 is 0 Å². The van der Waals surface area contributed by atoms with Gasteiger partial charge in [0, 0.05) is 32.1 Å². The van der Waals surface area contributed by atoms with Crippen molar-refractivity contribution in [1.29, 1.82) is 0 Å². The monoisotopic (exact) mass is 464 g/mol. The molecule has 0 aliphatic carbocycles. The van der Waals surface area contributed by atoms with Crippen molar-refractivity contribution >= 4 is 10.0 Å². The molecule has 1 aliphatic rings. The van der Waals surface area contributed by atoms with Crippen molar-refractivity contribution in [3.05, 3.63) is 83.3 Å². The van der Waals surface area contributed by atoms with Crippen LogP contribution in [0.2, 0.25) is 0 Å². The fourth-order valence-corrected chi connectivity index (χ4v) is 5.41. The van der Waals surface area contributed by atoms with Gasteiger partial charge >= 0.3 is 0 Å². The Bertz CT molecular complexity index is 1310. The number of fused-ring (bicyclic) bond motifs is 1. The van der Waals surface area contributed by atoms with Crippen LogP contribution in [0.5, 0.6) is 0 Å². The van der Waals surface area contributed by atoms with Crippen molar-refractivity contribution in [2.75, 3.05) is 7.05 Å². The third kappa shape index (κ3) is 4.99. The predicted octanol–water partition coefficient (Wildman–Crippen LogP) is 2.49. The van der Waals surface area contributed by atoms with Crippen LogP contribution in [0.3, 0.4) is 0 Å². The Kier molecular flexibility index (Phi) is 6.36. The first kappa shape index (κ1) is 23.1. The van der Waals surface area contributed by atoms with Crippen LogP contribution in [-0.4, -0.2) is 40.4 Å². The number of aromatic nitrogens is 3. The van der Waals surface area contributed by atoms with Crippen molar-refractivity contribution < 1.29 is 8.42 Å². The molecule has 9 heteroatoms. The average molecular weight is 465 g/mol. The van der Waals surface area contributed by atoms with E-state index in [4.69, 9.17) is 9.98 Å². The first-order valence-corrected chi connectivity index (χ1v) is 12.3. The largest absolute Gasteiger partial charge is 0.262 e. The minimum atomic E-state index is -3.72. The number of pyridine rings is 1. The fourth-order valence-electron chi connectivity index (χ4n) is 4.07. The van der Waals surface area contributed by atoms with E-state index in [9.17, 15) is 8.42 Å². The molecule has 0 amide bonds. The Morgan fingerprint density at radius 3 is 2.27 bits per heavy atom. The molecule has 8 nitrogen and oxygen atoms in total. The first-order valence-electron chi connectivity index (χ1n) is 10.9. The highest BCUT2D eigenvalue weighted by Gasteiger charge is 2.31. The Balaban J connectivity index is 1.56. The molecule has 2 aromatic heterocycles. The molecule has 3 aromatic rings. The molecule has 1 aliphatic heterocycles. The molecule has 2 atom stereocenters. The SMILES string of the molecule is CC(C)CC(c1cnccn1)N(C)S(=O)(=O)c1ccc(CC2(C)N=c3ccncc3=N2)cc1. The van der Waals surface area contributed by atoms with E-state index in [1.165, 1.54) is 4.31 Å². The van der Waals surface area contributed by atoms with E-state index >= 15 is 0 Å². The van der Waals surface area contributed by atoms with Gasteiger partial charge in [-0.15, -0.1) is 0 Å². The predicted molar refractivity (Wildman–Crippen MR) is 124 cm³/mol. The number of hydrogen-bond acceptors (Lipinski definition) is 7. The van der Waals surface area contributed by atoms with Gasteiger partial charge in [-0.25, -0.2) is 8.42 Å². The number of sulfonamides is 1. The third-order valence-corrected chi connectivity index (χ3v) is 7.58. The maximum absolute atomic E-state index is 13.4. The van der Waals surface area contributed by atoms with Crippen molar-refractivity contribution in [1.82, 2.24) is 19.3 Å². The van der Waals surface area contributed by atoms with Crippen LogP contribution in [0.25, 0.3) is 0 Å². The molecular formula is C24H28N6O2S. The van der Waals surface area contributed by atoms with E-state index in [1.807, 2.05) is 25.1 Å². The van der Waals surface area contributed by atoms with Crippen molar-refractivity contribution in [2.24, 2.45) is 15.9 Å². The van der Waals surface area contributed by atoms with Gasteiger partial charge in [0.1, 0.15) is 5.36 Å². The summed E-state index contributed by atoms with van der Waals surface area (Å²) in [5, 5.41) is 1.61. The lowest BCUT2D eigenvalue weighted by atomic mass is 10.0. The lowest BCUT2D eigenvalue weighted by Gasteiger charge is -2.28. The van der Waals surface area contributed by atoms with Crippen LogP contribution < -0.4 is 10.7 Å². The van der Waals surface area contributed by atoms with Gasteiger partial charge in [0.15, 0.2) is 5.66 Å². The summed E-state index contributed by atoms with van der Waals surface area (Å²) in [7, 11) is -2.12. The molecule has 1 aromatic carbocycles. The molecule has 3 heterocycles. The van der Waals surface area contributed by atoms with Gasteiger partial charge in [-0.2, -0.15) is 4.31 Å². The average Bonchev–Trinajstić information content (AvgIpc) is 3.13. The van der Waals surface area contributed by atoms with Gasteiger partial charge in [-0.3, -0.25) is 24.9 Å². The highest BCUT2D eigenvalue weighted by Crippen LogP contribution is 2.30. The number of benzene rings is 1. The van der Waals surface area contributed by atoms with Gasteiger partial charge in [-0.1, -0.05) is 26.0 Å². The summed E-state index contributed by atoms with van der Waals surface area (Å²) < 4.78 is 28.3. The summed E-state index contributed by atoms with van der Waals surface area (Å²) in [6.45, 7) is 6.09. The van der Waals surface area contributed by atoms with E-state index in [0.29, 0.717) is 18.5 Å². The second-order valence-electron chi connectivity index (χ2n) is 8.92. The quantitative estimate of drug-likeness (QED) is 0.510. The molecule has 0 radical (unpaired) electrons. The highest BCUT2D eigenvalue weighted by molar-refractivity contribution is 7.89. The Morgan fingerprint density at radius 1 is 0.939 bits per heavy atom. The third-order valence-electron chi connectivity index (χ3n) is 5.70. The topological polar surface area (TPSA) is 101 Å². The summed E-state index contributed by atoms with van der Waals surface area (Å²) in [6.07, 6.45) is 9.42. The summed E-state index contributed by atoms with van der Waals surface area (Å²) in [5.74, 6) is 0.288. The molecule has 0 spiro atoms. The summed E-state index contributed by atoms with van der Waals surface area (Å²) in [4.78, 5) is 22.2. The van der Waals surface area contributed by atoms with Crippen LogP contribution in [0, 0.1) is 5.92 Å². The van der Waals surface area contributed by atoms with Gasteiger partial charge in [0.05, 0.1) is 34.4 Å².